The molecule has 0 saturated carbocycles. The second-order valence-electron chi connectivity index (χ2n) is 4.66. The summed E-state index contributed by atoms with van der Waals surface area (Å²) in [5.74, 6) is -2.68. The monoisotopic (exact) mass is 335 g/mol. The largest absolute Gasteiger partial charge is 0.296 e. The Labute approximate surface area is 133 Å². The zero-order chi connectivity index (χ0) is 18.0. The van der Waals surface area contributed by atoms with E-state index >= 15 is 0 Å². The number of carbonyl (C=O) groups is 5. The number of benzene rings is 1. The van der Waals surface area contributed by atoms with Gasteiger partial charge in [0.2, 0.25) is 12.8 Å². The first-order valence-electron chi connectivity index (χ1n) is 6.33. The fourth-order valence-corrected chi connectivity index (χ4v) is 2.16. The summed E-state index contributed by atoms with van der Waals surface area (Å²) in [6.07, 6.45) is 0.0123. The van der Waals surface area contributed by atoms with Crippen molar-refractivity contribution in [1.82, 2.24) is 9.80 Å². The second-order valence-corrected chi connectivity index (χ2v) is 4.66. The number of carbonyl (C=O) groups excluding carboxylic acids is 5. The van der Waals surface area contributed by atoms with Gasteiger partial charge in [0.25, 0.3) is 22.8 Å². The summed E-state index contributed by atoms with van der Waals surface area (Å²) in [5, 5.41) is 9.04. The van der Waals surface area contributed by atoms with Gasteiger partial charge in [0.05, 0.1) is 11.1 Å². The standard InChI is InChI=1S/C13H9N3O8/c1-7-2-9-10(3-8(7)11(19)14(4-17)5-18)13(21)15(12(9)20)6-24-16(22)23/h2-5H,6H2,1H3. The van der Waals surface area contributed by atoms with Gasteiger partial charge >= 0.3 is 0 Å². The predicted molar refractivity (Wildman–Crippen MR) is 72.9 cm³/mol. The summed E-state index contributed by atoms with van der Waals surface area (Å²) in [5.41, 5.74) is -0.140. The topological polar surface area (TPSA) is 144 Å². The molecule has 0 unspecified atom stereocenters. The molecule has 0 fully saturated rings. The highest BCUT2D eigenvalue weighted by atomic mass is 17.0. The van der Waals surface area contributed by atoms with Gasteiger partial charge in [0.1, 0.15) is 0 Å². The number of imide groups is 4. The molecule has 0 aromatic heterocycles. The van der Waals surface area contributed by atoms with Crippen LogP contribution in [0.4, 0.5) is 0 Å². The number of hydrogen-bond donors (Lipinski definition) is 0. The zero-order valence-corrected chi connectivity index (χ0v) is 12.1. The van der Waals surface area contributed by atoms with Crippen molar-refractivity contribution in [3.63, 3.8) is 0 Å². The van der Waals surface area contributed by atoms with Gasteiger partial charge in [0, 0.05) is 5.56 Å². The molecular weight excluding hydrogens is 326 g/mol. The summed E-state index contributed by atoms with van der Waals surface area (Å²) in [6.45, 7) is 0.547. The lowest BCUT2D eigenvalue weighted by atomic mass is 9.99. The minimum atomic E-state index is -1.16. The maximum Gasteiger partial charge on any atom is 0.296 e. The molecule has 11 nitrogen and oxygen atoms in total. The van der Waals surface area contributed by atoms with Gasteiger partial charge in [-0.15, -0.1) is 10.1 Å². The van der Waals surface area contributed by atoms with Crippen molar-refractivity contribution >= 4 is 30.5 Å². The predicted octanol–water partition coefficient (Wildman–Crippen LogP) is -0.488. The minimum absolute atomic E-state index is 0.00615. The SMILES string of the molecule is Cc1cc2c(cc1C(=O)N(C=O)C=O)C(=O)N(CO[N+](=O)[O-])C2=O. The first-order valence-corrected chi connectivity index (χ1v) is 6.33. The van der Waals surface area contributed by atoms with E-state index in [1.54, 1.807) is 0 Å². The fraction of sp³-hybridized carbons (Fsp3) is 0.154. The molecule has 0 N–H and O–H groups in total. The maximum atomic E-state index is 12.2. The van der Waals surface area contributed by atoms with Gasteiger partial charge < -0.3 is 0 Å². The Morgan fingerprint density at radius 2 is 1.79 bits per heavy atom. The van der Waals surface area contributed by atoms with E-state index in [1.807, 2.05) is 0 Å². The number of fused-ring (bicyclic) bond motifs is 1. The van der Waals surface area contributed by atoms with Crippen molar-refractivity contribution in [2.24, 2.45) is 0 Å². The summed E-state index contributed by atoms with van der Waals surface area (Å²) >= 11 is 0. The van der Waals surface area contributed by atoms with Gasteiger partial charge in [-0.3, -0.25) is 28.8 Å². The molecule has 1 aromatic rings. The Morgan fingerprint density at radius 3 is 2.29 bits per heavy atom. The third kappa shape index (κ3) is 2.69. The lowest BCUT2D eigenvalue weighted by molar-refractivity contribution is -0.761. The highest BCUT2D eigenvalue weighted by molar-refractivity contribution is 6.22. The molecule has 0 bridgehead atoms. The van der Waals surface area contributed by atoms with Crippen LogP contribution in [0.25, 0.3) is 0 Å². The molecule has 0 aliphatic carbocycles. The first-order chi connectivity index (χ1) is 11.3. The molecule has 0 radical (unpaired) electrons. The van der Waals surface area contributed by atoms with E-state index in [1.165, 1.54) is 13.0 Å². The van der Waals surface area contributed by atoms with E-state index in [9.17, 15) is 34.1 Å². The van der Waals surface area contributed by atoms with Crippen LogP contribution in [0.3, 0.4) is 0 Å². The van der Waals surface area contributed by atoms with Crippen molar-refractivity contribution in [2.75, 3.05) is 6.73 Å². The molecule has 1 aliphatic rings. The van der Waals surface area contributed by atoms with E-state index in [-0.39, 0.29) is 40.0 Å². The molecule has 124 valence electrons. The van der Waals surface area contributed by atoms with E-state index in [0.717, 1.165) is 6.07 Å². The average molecular weight is 335 g/mol. The van der Waals surface area contributed by atoms with Crippen LogP contribution >= 0.6 is 0 Å². The summed E-state index contributed by atoms with van der Waals surface area (Å²) in [7, 11) is 0. The zero-order valence-electron chi connectivity index (χ0n) is 12.1. The number of nitrogens with zero attached hydrogens (tertiary/aromatic N) is 3. The number of rotatable bonds is 6. The van der Waals surface area contributed by atoms with Crippen LogP contribution in [0.1, 0.15) is 36.6 Å². The van der Waals surface area contributed by atoms with Crippen LogP contribution in [0.2, 0.25) is 0 Å². The second kappa shape index (κ2) is 6.24. The molecule has 5 amide bonds. The summed E-state index contributed by atoms with van der Waals surface area (Å²) < 4.78 is 0. The molecule has 0 saturated heterocycles. The molecule has 1 aromatic carbocycles. The minimum Gasteiger partial charge on any atom is -0.292 e. The van der Waals surface area contributed by atoms with Crippen molar-refractivity contribution in [3.05, 3.63) is 44.5 Å². The smallest absolute Gasteiger partial charge is 0.292 e. The lowest BCUT2D eigenvalue weighted by Gasteiger charge is -2.11. The Balaban J connectivity index is 2.43. The van der Waals surface area contributed by atoms with Gasteiger partial charge in [0.15, 0.2) is 6.73 Å². The number of hydrogen-bond acceptors (Lipinski definition) is 8. The van der Waals surface area contributed by atoms with E-state index in [2.05, 4.69) is 4.84 Å². The van der Waals surface area contributed by atoms with E-state index < -0.39 is 29.5 Å². The van der Waals surface area contributed by atoms with Crippen molar-refractivity contribution < 1.29 is 33.9 Å². The normalized spacial score (nSPS) is 12.6. The van der Waals surface area contributed by atoms with Crippen LogP contribution in [-0.2, 0) is 14.4 Å². The summed E-state index contributed by atoms with van der Waals surface area (Å²) in [4.78, 5) is 72.6. The van der Waals surface area contributed by atoms with Gasteiger partial charge in [-0.25, -0.2) is 9.80 Å². The van der Waals surface area contributed by atoms with Crippen molar-refractivity contribution in [1.29, 1.82) is 0 Å². The number of amides is 5. The summed E-state index contributed by atoms with van der Waals surface area (Å²) in [6, 6.07) is 2.28. The van der Waals surface area contributed by atoms with Gasteiger partial charge in [-0.2, -0.15) is 0 Å². The van der Waals surface area contributed by atoms with E-state index in [4.69, 9.17) is 0 Å². The molecular formula is C13H9N3O8. The lowest BCUT2D eigenvalue weighted by Crippen LogP contribution is -2.33. The molecule has 2 rings (SSSR count). The quantitative estimate of drug-likeness (QED) is 0.293. The van der Waals surface area contributed by atoms with Gasteiger partial charge in [-0.05, 0) is 24.6 Å². The van der Waals surface area contributed by atoms with E-state index in [0.29, 0.717) is 4.90 Å². The Bertz CT molecular complexity index is 780. The molecule has 24 heavy (non-hydrogen) atoms. The number of aryl methyl sites for hydroxylation is 1. The Kier molecular flexibility index (Phi) is 4.35. The maximum absolute atomic E-state index is 12.2. The Hall–Kier alpha value is -3.63. The van der Waals surface area contributed by atoms with Crippen LogP contribution in [-0.4, -0.2) is 52.2 Å². The molecule has 0 spiro atoms. The van der Waals surface area contributed by atoms with Crippen LogP contribution in [0.15, 0.2) is 12.1 Å². The van der Waals surface area contributed by atoms with Crippen molar-refractivity contribution in [3.8, 4) is 0 Å². The van der Waals surface area contributed by atoms with Crippen LogP contribution in [0.5, 0.6) is 0 Å². The fourth-order valence-electron chi connectivity index (χ4n) is 2.16. The molecule has 1 heterocycles. The molecule has 0 atom stereocenters. The molecule has 11 heteroatoms. The average Bonchev–Trinajstić information content (AvgIpc) is 2.76. The highest BCUT2D eigenvalue weighted by Gasteiger charge is 2.37. The molecule has 1 aliphatic heterocycles. The van der Waals surface area contributed by atoms with Crippen LogP contribution in [0, 0.1) is 17.0 Å². The third-order valence-corrected chi connectivity index (χ3v) is 3.30. The van der Waals surface area contributed by atoms with Crippen LogP contribution < -0.4 is 0 Å². The van der Waals surface area contributed by atoms with Gasteiger partial charge in [-0.1, -0.05) is 0 Å². The third-order valence-electron chi connectivity index (χ3n) is 3.30. The Morgan fingerprint density at radius 1 is 1.25 bits per heavy atom. The van der Waals surface area contributed by atoms with Crippen molar-refractivity contribution in [2.45, 2.75) is 6.92 Å². The highest BCUT2D eigenvalue weighted by Crippen LogP contribution is 2.26. The first kappa shape index (κ1) is 16.7.